The fraction of sp³-hybridized carbons (Fsp3) is 0.895. The second kappa shape index (κ2) is 14.5. The van der Waals surface area contributed by atoms with Crippen LogP contribution in [0.3, 0.4) is 0 Å². The van der Waals surface area contributed by atoms with Gasteiger partial charge >= 0.3 is 11.9 Å². The maximum atomic E-state index is 11.2. The van der Waals surface area contributed by atoms with Gasteiger partial charge in [0.25, 0.3) is 0 Å². The fourth-order valence-corrected chi connectivity index (χ4v) is 2.99. The summed E-state index contributed by atoms with van der Waals surface area (Å²) in [5.41, 5.74) is 0. The first-order valence-electron chi connectivity index (χ1n) is 9.42. The fourth-order valence-electron chi connectivity index (χ4n) is 2.99. The number of hydrogen-bond acceptors (Lipinski definition) is 3. The summed E-state index contributed by atoms with van der Waals surface area (Å²) < 4.78 is 4.97. The van der Waals surface area contributed by atoms with Crippen molar-refractivity contribution < 1.29 is 19.4 Å². The number of ether oxygens (including phenoxy) is 1. The van der Waals surface area contributed by atoms with Crippen LogP contribution >= 0.6 is 0 Å². The molecule has 0 aliphatic carbocycles. The Kier molecular flexibility index (Phi) is 13.9. The molecule has 0 aliphatic rings. The Bertz CT molecular complexity index is 314. The Labute approximate surface area is 142 Å². The molecule has 0 aromatic carbocycles. The van der Waals surface area contributed by atoms with Crippen LogP contribution in [0, 0.1) is 5.92 Å². The van der Waals surface area contributed by atoms with Gasteiger partial charge in [0.2, 0.25) is 6.10 Å². The molecule has 4 heteroatoms. The maximum Gasteiger partial charge on any atom is 0.345 e. The standard InChI is InChI=1S/C19H36O4/c1-4-6-7-8-9-10-11-12-13-14-15-17(5-2)18(19(21)22)23-16(3)20/h17-18H,4-15H2,1-3H3,(H,21,22). The van der Waals surface area contributed by atoms with Crippen LogP contribution in [0.4, 0.5) is 0 Å². The van der Waals surface area contributed by atoms with Crippen LogP contribution < -0.4 is 0 Å². The molecule has 23 heavy (non-hydrogen) atoms. The number of carbonyl (C=O) groups is 2. The van der Waals surface area contributed by atoms with Crippen LogP contribution in [-0.2, 0) is 14.3 Å². The lowest BCUT2D eigenvalue weighted by atomic mass is 9.92. The van der Waals surface area contributed by atoms with E-state index in [1.165, 1.54) is 58.3 Å². The minimum Gasteiger partial charge on any atom is -0.478 e. The molecule has 0 heterocycles. The Morgan fingerprint density at radius 2 is 1.35 bits per heavy atom. The van der Waals surface area contributed by atoms with Crippen molar-refractivity contribution in [3.8, 4) is 0 Å². The van der Waals surface area contributed by atoms with Crippen LogP contribution in [0.25, 0.3) is 0 Å². The molecule has 0 aromatic rings. The molecule has 136 valence electrons. The predicted molar refractivity (Wildman–Crippen MR) is 93.4 cm³/mol. The Balaban J connectivity index is 3.78. The minimum atomic E-state index is -1.03. The summed E-state index contributed by atoms with van der Waals surface area (Å²) in [5, 5.41) is 9.21. The summed E-state index contributed by atoms with van der Waals surface area (Å²) in [4.78, 5) is 22.3. The van der Waals surface area contributed by atoms with E-state index in [9.17, 15) is 14.7 Å². The quantitative estimate of drug-likeness (QED) is 0.325. The molecule has 0 bridgehead atoms. The molecule has 0 saturated heterocycles. The highest BCUT2D eigenvalue weighted by atomic mass is 16.6. The van der Waals surface area contributed by atoms with Crippen molar-refractivity contribution in [3.63, 3.8) is 0 Å². The highest BCUT2D eigenvalue weighted by Crippen LogP contribution is 2.21. The topological polar surface area (TPSA) is 63.6 Å². The number of hydrogen-bond donors (Lipinski definition) is 1. The van der Waals surface area contributed by atoms with E-state index < -0.39 is 18.0 Å². The van der Waals surface area contributed by atoms with E-state index >= 15 is 0 Å². The average molecular weight is 328 g/mol. The lowest BCUT2D eigenvalue weighted by molar-refractivity contribution is -0.166. The molecule has 0 fully saturated rings. The summed E-state index contributed by atoms with van der Waals surface area (Å²) in [6.07, 6.45) is 13.2. The third kappa shape index (κ3) is 12.1. The first kappa shape index (κ1) is 21.9. The molecule has 0 aromatic heterocycles. The number of carboxylic acid groups (broad SMARTS) is 1. The van der Waals surface area contributed by atoms with E-state index in [1.807, 2.05) is 6.92 Å². The van der Waals surface area contributed by atoms with E-state index in [4.69, 9.17) is 4.74 Å². The van der Waals surface area contributed by atoms with Crippen LogP contribution in [0.2, 0.25) is 0 Å². The zero-order valence-electron chi connectivity index (χ0n) is 15.3. The molecule has 0 rings (SSSR count). The van der Waals surface area contributed by atoms with Crippen molar-refractivity contribution in [3.05, 3.63) is 0 Å². The zero-order valence-corrected chi connectivity index (χ0v) is 15.3. The molecule has 0 radical (unpaired) electrons. The normalized spacial score (nSPS) is 13.5. The summed E-state index contributed by atoms with van der Waals surface area (Å²) in [5.74, 6) is -1.62. The van der Waals surface area contributed by atoms with Gasteiger partial charge in [0.05, 0.1) is 0 Å². The average Bonchev–Trinajstić information content (AvgIpc) is 2.50. The Hall–Kier alpha value is -1.06. The van der Waals surface area contributed by atoms with Crippen molar-refractivity contribution >= 4 is 11.9 Å². The number of rotatable bonds is 15. The molecule has 2 atom stereocenters. The smallest absolute Gasteiger partial charge is 0.345 e. The van der Waals surface area contributed by atoms with Gasteiger partial charge in [-0.15, -0.1) is 0 Å². The van der Waals surface area contributed by atoms with E-state index in [0.717, 1.165) is 25.7 Å². The lowest BCUT2D eigenvalue weighted by Crippen LogP contribution is -2.33. The highest BCUT2D eigenvalue weighted by Gasteiger charge is 2.29. The predicted octanol–water partition coefficient (Wildman–Crippen LogP) is 5.34. The van der Waals surface area contributed by atoms with Gasteiger partial charge in [0, 0.05) is 12.8 Å². The summed E-state index contributed by atoms with van der Waals surface area (Å²) in [7, 11) is 0. The molecular formula is C19H36O4. The lowest BCUT2D eigenvalue weighted by Gasteiger charge is -2.22. The van der Waals surface area contributed by atoms with E-state index in [1.54, 1.807) is 0 Å². The number of carbonyl (C=O) groups excluding carboxylic acids is 1. The second-order valence-corrected chi connectivity index (χ2v) is 6.51. The summed E-state index contributed by atoms with van der Waals surface area (Å²) in [6.45, 7) is 5.46. The van der Waals surface area contributed by atoms with Crippen LogP contribution in [-0.4, -0.2) is 23.1 Å². The highest BCUT2D eigenvalue weighted by molar-refractivity contribution is 5.77. The number of esters is 1. The van der Waals surface area contributed by atoms with Gasteiger partial charge in [-0.1, -0.05) is 78.1 Å². The minimum absolute atomic E-state index is 0.0783. The maximum absolute atomic E-state index is 11.2. The van der Waals surface area contributed by atoms with E-state index in [-0.39, 0.29) is 5.92 Å². The molecule has 0 spiro atoms. The molecule has 0 aliphatic heterocycles. The van der Waals surface area contributed by atoms with Gasteiger partial charge in [0.15, 0.2) is 0 Å². The van der Waals surface area contributed by atoms with Gasteiger partial charge < -0.3 is 9.84 Å². The van der Waals surface area contributed by atoms with Gasteiger partial charge in [-0.3, -0.25) is 4.79 Å². The zero-order chi connectivity index (χ0) is 17.5. The van der Waals surface area contributed by atoms with Crippen molar-refractivity contribution in [1.29, 1.82) is 0 Å². The third-order valence-electron chi connectivity index (χ3n) is 4.42. The van der Waals surface area contributed by atoms with Crippen LogP contribution in [0.1, 0.15) is 97.8 Å². The molecule has 0 amide bonds. The van der Waals surface area contributed by atoms with E-state index in [2.05, 4.69) is 6.92 Å². The van der Waals surface area contributed by atoms with Gasteiger partial charge in [-0.25, -0.2) is 4.79 Å². The Morgan fingerprint density at radius 1 is 0.870 bits per heavy atom. The first-order valence-corrected chi connectivity index (χ1v) is 9.42. The summed E-state index contributed by atoms with van der Waals surface area (Å²) >= 11 is 0. The second-order valence-electron chi connectivity index (χ2n) is 6.51. The van der Waals surface area contributed by atoms with Gasteiger partial charge in [-0.05, 0) is 12.8 Å². The Morgan fingerprint density at radius 3 is 1.74 bits per heavy atom. The van der Waals surface area contributed by atoms with E-state index in [0.29, 0.717) is 0 Å². The van der Waals surface area contributed by atoms with Crippen molar-refractivity contribution in [2.45, 2.75) is 104 Å². The monoisotopic (exact) mass is 328 g/mol. The van der Waals surface area contributed by atoms with Crippen LogP contribution in [0.15, 0.2) is 0 Å². The van der Waals surface area contributed by atoms with Crippen LogP contribution in [0.5, 0.6) is 0 Å². The van der Waals surface area contributed by atoms with Crippen molar-refractivity contribution in [2.75, 3.05) is 0 Å². The summed E-state index contributed by atoms with van der Waals surface area (Å²) in [6, 6.07) is 0. The first-order chi connectivity index (χ1) is 11.0. The SMILES string of the molecule is CCCCCCCCCCCCC(CC)C(OC(C)=O)C(=O)O. The molecule has 1 N–H and O–H groups in total. The number of unbranched alkanes of at least 4 members (excludes halogenated alkanes) is 9. The van der Waals surface area contributed by atoms with Crippen molar-refractivity contribution in [1.82, 2.24) is 0 Å². The van der Waals surface area contributed by atoms with Gasteiger partial charge in [0.1, 0.15) is 0 Å². The van der Waals surface area contributed by atoms with Gasteiger partial charge in [-0.2, -0.15) is 0 Å². The molecular weight excluding hydrogens is 292 g/mol. The number of aliphatic carboxylic acids is 1. The molecule has 4 nitrogen and oxygen atoms in total. The van der Waals surface area contributed by atoms with Crippen molar-refractivity contribution in [2.24, 2.45) is 5.92 Å². The molecule has 2 unspecified atom stereocenters. The number of carboxylic acids is 1. The largest absolute Gasteiger partial charge is 0.478 e. The third-order valence-corrected chi connectivity index (χ3v) is 4.42. The molecule has 0 saturated carbocycles.